The van der Waals surface area contributed by atoms with Crippen molar-refractivity contribution in [2.75, 3.05) is 11.9 Å². The van der Waals surface area contributed by atoms with Crippen molar-refractivity contribution in [2.24, 2.45) is 7.05 Å². The zero-order chi connectivity index (χ0) is 22.0. The quantitative estimate of drug-likeness (QED) is 0.503. The summed E-state index contributed by atoms with van der Waals surface area (Å²) in [5.74, 6) is 0.277. The zero-order valence-electron chi connectivity index (χ0n) is 17.2. The normalized spacial score (nSPS) is 10.9. The summed E-state index contributed by atoms with van der Waals surface area (Å²) in [5.41, 5.74) is 1.07. The molecule has 0 aliphatic heterocycles. The van der Waals surface area contributed by atoms with Crippen molar-refractivity contribution in [1.82, 2.24) is 14.1 Å². The van der Waals surface area contributed by atoms with Crippen molar-refractivity contribution in [3.63, 3.8) is 0 Å². The minimum atomic E-state index is -0.567. The van der Waals surface area contributed by atoms with Gasteiger partial charge in [0.2, 0.25) is 0 Å². The fourth-order valence-corrected chi connectivity index (χ4v) is 3.49. The molecule has 0 saturated heterocycles. The molecule has 2 aromatic heterocycles. The molecule has 0 atom stereocenters. The van der Waals surface area contributed by atoms with Gasteiger partial charge in [-0.05, 0) is 36.8 Å². The second-order valence-electron chi connectivity index (χ2n) is 7.10. The first kappa shape index (κ1) is 20.2. The number of hydrogen-bond donors (Lipinski definition) is 2. The number of ether oxygens (including phenoxy) is 1. The van der Waals surface area contributed by atoms with Crippen LogP contribution in [0.25, 0.3) is 11.0 Å². The van der Waals surface area contributed by atoms with E-state index in [4.69, 9.17) is 4.74 Å². The van der Waals surface area contributed by atoms with Gasteiger partial charge in [-0.1, -0.05) is 30.3 Å². The molecule has 2 aromatic carbocycles. The van der Waals surface area contributed by atoms with Gasteiger partial charge in [0.15, 0.2) is 0 Å². The van der Waals surface area contributed by atoms with Crippen molar-refractivity contribution in [2.45, 2.75) is 13.5 Å². The summed E-state index contributed by atoms with van der Waals surface area (Å²) in [7, 11) is 1.67. The maximum absolute atomic E-state index is 13.0. The van der Waals surface area contributed by atoms with E-state index in [1.54, 1.807) is 42.1 Å². The van der Waals surface area contributed by atoms with E-state index in [9.17, 15) is 14.4 Å². The van der Waals surface area contributed by atoms with Gasteiger partial charge in [0.05, 0.1) is 24.2 Å². The van der Waals surface area contributed by atoms with E-state index >= 15 is 0 Å². The third-order valence-corrected chi connectivity index (χ3v) is 4.96. The number of aryl methyl sites for hydroxylation is 1. The Balaban J connectivity index is 1.69. The van der Waals surface area contributed by atoms with E-state index in [0.29, 0.717) is 18.0 Å². The first-order valence-corrected chi connectivity index (χ1v) is 9.88. The monoisotopic (exact) mass is 418 g/mol. The number of rotatable bonds is 6. The molecular formula is C23H22N4O4. The number of nitrogens with one attached hydrogen (secondary N) is 2. The molecule has 0 spiro atoms. The van der Waals surface area contributed by atoms with Gasteiger partial charge in [0.1, 0.15) is 11.3 Å². The summed E-state index contributed by atoms with van der Waals surface area (Å²) in [5, 5.41) is 2.79. The number of benzene rings is 2. The van der Waals surface area contributed by atoms with Crippen LogP contribution in [-0.4, -0.2) is 26.6 Å². The Labute approximate surface area is 177 Å². The molecule has 2 N–H and O–H groups in total. The lowest BCUT2D eigenvalue weighted by atomic mass is 10.2. The van der Waals surface area contributed by atoms with Crippen molar-refractivity contribution < 1.29 is 9.53 Å². The van der Waals surface area contributed by atoms with E-state index < -0.39 is 17.2 Å². The van der Waals surface area contributed by atoms with Gasteiger partial charge in [-0.25, -0.2) is 4.79 Å². The average molecular weight is 418 g/mol. The molecule has 2 heterocycles. The summed E-state index contributed by atoms with van der Waals surface area (Å²) in [6.07, 6.45) is 1.54. The van der Waals surface area contributed by atoms with Crippen molar-refractivity contribution >= 4 is 22.6 Å². The maximum Gasteiger partial charge on any atom is 0.329 e. The summed E-state index contributed by atoms with van der Waals surface area (Å²) in [6.45, 7) is 2.59. The molecule has 1 amide bonds. The lowest BCUT2D eigenvalue weighted by Gasteiger charge is -2.07. The van der Waals surface area contributed by atoms with E-state index in [1.807, 2.05) is 37.3 Å². The Hall–Kier alpha value is -4.07. The molecule has 4 rings (SSSR count). The molecular weight excluding hydrogens is 396 g/mol. The summed E-state index contributed by atoms with van der Waals surface area (Å²) < 4.78 is 8.09. The predicted octanol–water partition coefficient (Wildman–Crippen LogP) is 2.73. The van der Waals surface area contributed by atoms with Gasteiger partial charge in [0, 0.05) is 18.9 Å². The lowest BCUT2D eigenvalue weighted by Crippen LogP contribution is -2.36. The van der Waals surface area contributed by atoms with Gasteiger partial charge < -0.3 is 19.6 Å². The Morgan fingerprint density at radius 3 is 2.45 bits per heavy atom. The number of aromatic nitrogens is 3. The standard InChI is InChI=1S/C23H22N4O4/c1-3-31-17-11-9-16(10-12-17)24-21(28)18-14-26(2)20-19(18)25-23(30)27(22(20)29)13-15-7-5-4-6-8-15/h4-12,14H,3,13H2,1-2H3,(H,24,28)(H,25,30). The number of carbonyl (C=O) groups excluding carboxylic acids is 1. The second kappa shape index (κ2) is 8.35. The van der Waals surface area contributed by atoms with Gasteiger partial charge in [-0.2, -0.15) is 0 Å². The van der Waals surface area contributed by atoms with E-state index in [-0.39, 0.29) is 23.1 Å². The molecule has 0 bridgehead atoms. The molecule has 8 nitrogen and oxygen atoms in total. The molecule has 158 valence electrons. The van der Waals surface area contributed by atoms with Gasteiger partial charge in [-0.15, -0.1) is 0 Å². The SMILES string of the molecule is CCOc1ccc(NC(=O)c2cn(C)c3c(=O)n(Cc4ccccc4)c(=O)[nH]c23)cc1. The van der Waals surface area contributed by atoms with Crippen LogP contribution >= 0.6 is 0 Å². The number of fused-ring (bicyclic) bond motifs is 1. The van der Waals surface area contributed by atoms with Crippen LogP contribution in [0.2, 0.25) is 0 Å². The first-order valence-electron chi connectivity index (χ1n) is 9.88. The fraction of sp³-hybridized carbons (Fsp3) is 0.174. The largest absolute Gasteiger partial charge is 0.494 e. The first-order chi connectivity index (χ1) is 15.0. The van der Waals surface area contributed by atoms with Gasteiger partial charge in [-0.3, -0.25) is 14.2 Å². The number of anilines is 1. The highest BCUT2D eigenvalue weighted by atomic mass is 16.5. The van der Waals surface area contributed by atoms with Crippen LogP contribution < -0.4 is 21.3 Å². The number of nitrogens with zero attached hydrogens (tertiary/aromatic N) is 2. The molecule has 0 aliphatic carbocycles. The fourth-order valence-electron chi connectivity index (χ4n) is 3.49. The third-order valence-electron chi connectivity index (χ3n) is 4.96. The third kappa shape index (κ3) is 4.00. The molecule has 31 heavy (non-hydrogen) atoms. The summed E-state index contributed by atoms with van der Waals surface area (Å²) in [6, 6.07) is 16.2. The Morgan fingerprint density at radius 1 is 1.06 bits per heavy atom. The Bertz CT molecular complexity index is 1350. The van der Waals surface area contributed by atoms with Crippen LogP contribution in [0.15, 0.2) is 70.4 Å². The van der Waals surface area contributed by atoms with Gasteiger partial charge >= 0.3 is 5.69 Å². The highest BCUT2D eigenvalue weighted by Gasteiger charge is 2.20. The van der Waals surface area contributed by atoms with Crippen molar-refractivity contribution in [3.8, 4) is 5.75 Å². The predicted molar refractivity (Wildman–Crippen MR) is 119 cm³/mol. The minimum Gasteiger partial charge on any atom is -0.494 e. The average Bonchev–Trinajstić information content (AvgIpc) is 3.09. The number of hydrogen-bond acceptors (Lipinski definition) is 4. The highest BCUT2D eigenvalue weighted by molar-refractivity contribution is 6.11. The molecule has 0 fully saturated rings. The topological polar surface area (TPSA) is 98.1 Å². The Kier molecular flexibility index (Phi) is 5.44. The molecule has 4 aromatic rings. The van der Waals surface area contributed by atoms with Crippen LogP contribution in [0.1, 0.15) is 22.8 Å². The lowest BCUT2D eigenvalue weighted by molar-refractivity contribution is 0.102. The van der Waals surface area contributed by atoms with Crippen LogP contribution in [0.4, 0.5) is 5.69 Å². The second-order valence-corrected chi connectivity index (χ2v) is 7.10. The van der Waals surface area contributed by atoms with E-state index in [0.717, 1.165) is 10.1 Å². The summed E-state index contributed by atoms with van der Waals surface area (Å²) in [4.78, 5) is 41.3. The van der Waals surface area contributed by atoms with Crippen LogP contribution in [0, 0.1) is 0 Å². The number of amides is 1. The van der Waals surface area contributed by atoms with Crippen LogP contribution in [0.3, 0.4) is 0 Å². The molecule has 0 radical (unpaired) electrons. The smallest absolute Gasteiger partial charge is 0.329 e. The highest BCUT2D eigenvalue weighted by Crippen LogP contribution is 2.19. The van der Waals surface area contributed by atoms with Gasteiger partial charge in [0.25, 0.3) is 11.5 Å². The molecule has 0 aliphatic rings. The molecule has 8 heteroatoms. The molecule has 0 saturated carbocycles. The van der Waals surface area contributed by atoms with Crippen molar-refractivity contribution in [1.29, 1.82) is 0 Å². The van der Waals surface area contributed by atoms with Crippen LogP contribution in [-0.2, 0) is 13.6 Å². The minimum absolute atomic E-state index is 0.143. The van der Waals surface area contributed by atoms with Crippen molar-refractivity contribution in [3.05, 3.63) is 92.8 Å². The Morgan fingerprint density at radius 2 is 1.77 bits per heavy atom. The van der Waals surface area contributed by atoms with E-state index in [1.165, 1.54) is 0 Å². The summed E-state index contributed by atoms with van der Waals surface area (Å²) >= 11 is 0. The maximum atomic E-state index is 13.0. The number of H-pyrrole nitrogens is 1. The number of aromatic amines is 1. The zero-order valence-corrected chi connectivity index (χ0v) is 17.2. The van der Waals surface area contributed by atoms with Crippen LogP contribution in [0.5, 0.6) is 5.75 Å². The van der Waals surface area contributed by atoms with E-state index in [2.05, 4.69) is 10.3 Å². The molecule has 0 unspecified atom stereocenters. The number of carbonyl (C=O) groups is 1.